The molecule has 5 heteroatoms. The zero-order chi connectivity index (χ0) is 19.9. The summed E-state index contributed by atoms with van der Waals surface area (Å²) in [5, 5.41) is 0. The molecule has 5 nitrogen and oxygen atoms in total. The Morgan fingerprint density at radius 3 is 2.43 bits per heavy atom. The van der Waals surface area contributed by atoms with Crippen LogP contribution in [-0.2, 0) is 10.3 Å². The SMILES string of the molecule is COC(=O)c1cc2c(nc1-c1ccccc1)-c1ccc(OC)cc1OC2(C)C. The number of fused-ring (bicyclic) bond motifs is 3. The largest absolute Gasteiger partial charge is 0.497 e. The number of hydrogen-bond donors (Lipinski definition) is 0. The highest BCUT2D eigenvalue weighted by molar-refractivity contribution is 5.97. The number of nitrogens with zero attached hydrogens (tertiary/aromatic N) is 1. The molecule has 142 valence electrons. The Morgan fingerprint density at radius 1 is 1.00 bits per heavy atom. The maximum Gasteiger partial charge on any atom is 0.340 e. The molecule has 0 spiro atoms. The minimum atomic E-state index is -0.667. The molecule has 1 aromatic heterocycles. The van der Waals surface area contributed by atoms with Crippen LogP contribution >= 0.6 is 0 Å². The van der Waals surface area contributed by atoms with Crippen LogP contribution in [0.25, 0.3) is 22.5 Å². The smallest absolute Gasteiger partial charge is 0.340 e. The van der Waals surface area contributed by atoms with E-state index in [9.17, 15) is 4.79 Å². The Bertz CT molecular complexity index is 1060. The van der Waals surface area contributed by atoms with Gasteiger partial charge in [-0.2, -0.15) is 0 Å². The average molecular weight is 375 g/mol. The lowest BCUT2D eigenvalue weighted by molar-refractivity contribution is 0.0600. The van der Waals surface area contributed by atoms with Gasteiger partial charge < -0.3 is 14.2 Å². The first-order valence-electron chi connectivity index (χ1n) is 9.01. The molecule has 28 heavy (non-hydrogen) atoms. The topological polar surface area (TPSA) is 57.7 Å². The van der Waals surface area contributed by atoms with E-state index in [4.69, 9.17) is 19.2 Å². The first-order chi connectivity index (χ1) is 13.4. The molecular weight excluding hydrogens is 354 g/mol. The van der Waals surface area contributed by atoms with E-state index >= 15 is 0 Å². The molecular formula is C23H21NO4. The summed E-state index contributed by atoms with van der Waals surface area (Å²) in [6.45, 7) is 3.92. The van der Waals surface area contributed by atoms with Gasteiger partial charge in [0.05, 0.1) is 31.2 Å². The molecule has 0 bridgehead atoms. The predicted octanol–water partition coefficient (Wildman–Crippen LogP) is 4.84. The molecule has 0 saturated heterocycles. The third-order valence-corrected chi connectivity index (χ3v) is 4.93. The van der Waals surface area contributed by atoms with Crippen LogP contribution in [0.4, 0.5) is 0 Å². The second-order valence-electron chi connectivity index (χ2n) is 7.11. The second kappa shape index (κ2) is 6.68. The summed E-state index contributed by atoms with van der Waals surface area (Å²) in [6.07, 6.45) is 0. The van der Waals surface area contributed by atoms with E-state index in [0.717, 1.165) is 22.4 Å². The van der Waals surface area contributed by atoms with Crippen molar-refractivity contribution in [3.8, 4) is 34.0 Å². The van der Waals surface area contributed by atoms with Gasteiger partial charge in [-0.3, -0.25) is 0 Å². The summed E-state index contributed by atoms with van der Waals surface area (Å²) in [6, 6.07) is 17.1. The number of hydrogen-bond acceptors (Lipinski definition) is 5. The molecule has 2 aromatic carbocycles. The fourth-order valence-corrected chi connectivity index (χ4v) is 3.50. The van der Waals surface area contributed by atoms with Gasteiger partial charge in [-0.05, 0) is 32.0 Å². The monoisotopic (exact) mass is 375 g/mol. The van der Waals surface area contributed by atoms with Crippen molar-refractivity contribution in [2.45, 2.75) is 19.4 Å². The average Bonchev–Trinajstić information content (AvgIpc) is 2.72. The van der Waals surface area contributed by atoms with Crippen molar-refractivity contribution < 1.29 is 19.0 Å². The fourth-order valence-electron chi connectivity index (χ4n) is 3.50. The third-order valence-electron chi connectivity index (χ3n) is 4.93. The molecule has 0 N–H and O–H groups in total. The third kappa shape index (κ3) is 2.89. The van der Waals surface area contributed by atoms with Gasteiger partial charge >= 0.3 is 5.97 Å². The Labute approximate surface area is 163 Å². The summed E-state index contributed by atoms with van der Waals surface area (Å²) in [5.41, 5.74) is 3.69. The van der Waals surface area contributed by atoms with Gasteiger partial charge in [-0.15, -0.1) is 0 Å². The molecule has 0 atom stereocenters. The minimum Gasteiger partial charge on any atom is -0.497 e. The number of benzene rings is 2. The first kappa shape index (κ1) is 18.0. The van der Waals surface area contributed by atoms with Crippen molar-refractivity contribution in [1.82, 2.24) is 4.98 Å². The van der Waals surface area contributed by atoms with Gasteiger partial charge in [0.25, 0.3) is 0 Å². The molecule has 1 aliphatic heterocycles. The van der Waals surface area contributed by atoms with Crippen molar-refractivity contribution >= 4 is 5.97 Å². The highest BCUT2D eigenvalue weighted by atomic mass is 16.5. The maximum atomic E-state index is 12.5. The minimum absolute atomic E-state index is 0.418. The molecule has 0 amide bonds. The Hall–Kier alpha value is -3.34. The van der Waals surface area contributed by atoms with E-state index in [-0.39, 0.29) is 0 Å². The normalized spacial score (nSPS) is 13.7. The fraction of sp³-hybridized carbons (Fsp3) is 0.217. The lowest BCUT2D eigenvalue weighted by Crippen LogP contribution is -2.30. The van der Waals surface area contributed by atoms with Crippen LogP contribution in [0, 0.1) is 0 Å². The van der Waals surface area contributed by atoms with Crippen molar-refractivity contribution in [3.63, 3.8) is 0 Å². The van der Waals surface area contributed by atoms with Crippen molar-refractivity contribution in [2.75, 3.05) is 14.2 Å². The van der Waals surface area contributed by atoms with Gasteiger partial charge in [-0.25, -0.2) is 9.78 Å². The van der Waals surface area contributed by atoms with Gasteiger partial charge in [-0.1, -0.05) is 30.3 Å². The molecule has 3 aromatic rings. The van der Waals surface area contributed by atoms with Crippen molar-refractivity contribution in [3.05, 3.63) is 65.7 Å². The van der Waals surface area contributed by atoms with Crippen molar-refractivity contribution in [1.29, 1.82) is 0 Å². The summed E-state index contributed by atoms with van der Waals surface area (Å²) in [5.74, 6) is 0.993. The van der Waals surface area contributed by atoms with Crippen LogP contribution in [0.15, 0.2) is 54.6 Å². The van der Waals surface area contributed by atoms with Crippen LogP contribution in [0.1, 0.15) is 29.8 Å². The summed E-state index contributed by atoms with van der Waals surface area (Å²) in [7, 11) is 3.00. The van der Waals surface area contributed by atoms with E-state index in [0.29, 0.717) is 22.8 Å². The van der Waals surface area contributed by atoms with Crippen LogP contribution in [0.3, 0.4) is 0 Å². The number of methoxy groups -OCH3 is 2. The number of carbonyl (C=O) groups is 1. The summed E-state index contributed by atoms with van der Waals surface area (Å²) >= 11 is 0. The molecule has 0 saturated carbocycles. The van der Waals surface area contributed by atoms with E-state index in [1.165, 1.54) is 7.11 Å². The van der Waals surface area contributed by atoms with E-state index in [1.54, 1.807) is 7.11 Å². The lowest BCUT2D eigenvalue weighted by atomic mass is 9.87. The summed E-state index contributed by atoms with van der Waals surface area (Å²) < 4.78 is 16.6. The van der Waals surface area contributed by atoms with Crippen LogP contribution in [0.2, 0.25) is 0 Å². The number of pyridine rings is 1. The number of ether oxygens (including phenoxy) is 3. The Kier molecular flexibility index (Phi) is 4.30. The zero-order valence-corrected chi connectivity index (χ0v) is 16.3. The highest BCUT2D eigenvalue weighted by Crippen LogP contribution is 2.46. The molecule has 0 radical (unpaired) electrons. The van der Waals surface area contributed by atoms with Gasteiger partial charge in [0.15, 0.2) is 0 Å². The molecule has 1 aliphatic rings. The summed E-state index contributed by atoms with van der Waals surface area (Å²) in [4.78, 5) is 17.4. The Balaban J connectivity index is 2.02. The molecule has 2 heterocycles. The van der Waals surface area contributed by atoms with Crippen molar-refractivity contribution in [2.24, 2.45) is 0 Å². The van der Waals surface area contributed by atoms with Crippen LogP contribution in [-0.4, -0.2) is 25.2 Å². The molecule has 0 unspecified atom stereocenters. The van der Waals surface area contributed by atoms with Gasteiger partial charge in [0.1, 0.15) is 17.1 Å². The number of carbonyl (C=O) groups excluding carboxylic acids is 1. The molecule has 0 fully saturated rings. The first-order valence-corrected chi connectivity index (χ1v) is 9.01. The zero-order valence-electron chi connectivity index (χ0n) is 16.3. The quantitative estimate of drug-likeness (QED) is 0.613. The van der Waals surface area contributed by atoms with E-state index < -0.39 is 11.6 Å². The van der Waals surface area contributed by atoms with Crippen LogP contribution in [0.5, 0.6) is 11.5 Å². The highest BCUT2D eigenvalue weighted by Gasteiger charge is 2.36. The van der Waals surface area contributed by atoms with Gasteiger partial charge in [0, 0.05) is 22.8 Å². The van der Waals surface area contributed by atoms with E-state index in [1.807, 2.05) is 68.4 Å². The molecule has 0 aliphatic carbocycles. The number of esters is 1. The molecule has 4 rings (SSSR count). The maximum absolute atomic E-state index is 12.5. The Morgan fingerprint density at radius 2 is 1.75 bits per heavy atom. The number of aromatic nitrogens is 1. The predicted molar refractivity (Wildman–Crippen MR) is 107 cm³/mol. The van der Waals surface area contributed by atoms with E-state index in [2.05, 4.69) is 0 Å². The second-order valence-corrected chi connectivity index (χ2v) is 7.11. The van der Waals surface area contributed by atoms with Crippen LogP contribution < -0.4 is 9.47 Å². The standard InChI is InChI=1S/C23H21NO4/c1-23(2)18-13-17(22(25)27-4)20(14-8-6-5-7-9-14)24-21(18)16-11-10-15(26-3)12-19(16)28-23/h5-13H,1-4H3. The number of rotatable bonds is 3. The lowest BCUT2D eigenvalue weighted by Gasteiger charge is -2.35. The van der Waals surface area contributed by atoms with Gasteiger partial charge in [0.2, 0.25) is 0 Å².